The van der Waals surface area contributed by atoms with Crippen LogP contribution < -0.4 is 0 Å². The first-order valence-electron chi connectivity index (χ1n) is 11.2. The quantitative estimate of drug-likeness (QED) is 0.320. The van der Waals surface area contributed by atoms with Crippen LogP contribution >= 0.6 is 0 Å². The number of nitrogens with zero attached hydrogens (tertiary/aromatic N) is 2. The van der Waals surface area contributed by atoms with Crippen molar-refractivity contribution in [2.24, 2.45) is 0 Å². The third-order valence-corrected chi connectivity index (χ3v) is 6.54. The monoisotopic (exact) mass is 459 g/mol. The minimum Gasteiger partial charge on any atom is -0.377 e. The van der Waals surface area contributed by atoms with E-state index in [0.717, 1.165) is 16.7 Å². The van der Waals surface area contributed by atoms with Crippen LogP contribution in [0.4, 0.5) is 4.39 Å². The van der Waals surface area contributed by atoms with Crippen LogP contribution in [0.5, 0.6) is 0 Å². The SMILES string of the molecule is N#Cc1ccc(C(O)(c2c[nH]cn2)C(c2ccccc2)(c2ccccc2)c2ccccc2)cc1F. The lowest BCUT2D eigenvalue weighted by atomic mass is 9.56. The summed E-state index contributed by atoms with van der Waals surface area (Å²) in [7, 11) is 0. The zero-order chi connectivity index (χ0) is 24.3. The number of halogens is 1. The molecule has 0 bridgehead atoms. The van der Waals surface area contributed by atoms with E-state index in [0.29, 0.717) is 5.69 Å². The van der Waals surface area contributed by atoms with E-state index in [9.17, 15) is 10.4 Å². The first-order chi connectivity index (χ1) is 17.1. The highest BCUT2D eigenvalue weighted by Crippen LogP contribution is 2.54. The van der Waals surface area contributed by atoms with Crippen molar-refractivity contribution in [1.82, 2.24) is 9.97 Å². The molecule has 0 amide bonds. The molecule has 5 aromatic rings. The minimum atomic E-state index is -1.87. The molecule has 4 aromatic carbocycles. The van der Waals surface area contributed by atoms with E-state index in [4.69, 9.17) is 0 Å². The van der Waals surface area contributed by atoms with Gasteiger partial charge >= 0.3 is 0 Å². The predicted octanol–water partition coefficient (Wildman–Crippen LogP) is 5.69. The van der Waals surface area contributed by atoms with E-state index in [1.807, 2.05) is 97.1 Å². The van der Waals surface area contributed by atoms with E-state index < -0.39 is 16.8 Å². The zero-order valence-electron chi connectivity index (χ0n) is 18.8. The maximum atomic E-state index is 15.1. The van der Waals surface area contributed by atoms with E-state index in [2.05, 4.69) is 9.97 Å². The van der Waals surface area contributed by atoms with Gasteiger partial charge in [-0.15, -0.1) is 0 Å². The summed E-state index contributed by atoms with van der Waals surface area (Å²) in [5.41, 5.74) is -0.204. The van der Waals surface area contributed by atoms with Gasteiger partial charge in [0, 0.05) is 6.20 Å². The molecule has 0 saturated carbocycles. The average Bonchev–Trinajstić information content (AvgIpc) is 3.47. The number of H-pyrrole nitrogens is 1. The molecule has 1 atom stereocenters. The van der Waals surface area contributed by atoms with E-state index in [1.165, 1.54) is 18.5 Å². The van der Waals surface area contributed by atoms with Crippen LogP contribution in [0.25, 0.3) is 0 Å². The molecule has 0 aliphatic rings. The van der Waals surface area contributed by atoms with E-state index in [1.54, 1.807) is 12.3 Å². The van der Waals surface area contributed by atoms with Crippen LogP contribution in [0, 0.1) is 17.1 Å². The smallest absolute Gasteiger partial charge is 0.151 e. The van der Waals surface area contributed by atoms with Crippen LogP contribution in [-0.4, -0.2) is 15.1 Å². The van der Waals surface area contributed by atoms with Crippen molar-refractivity contribution >= 4 is 0 Å². The largest absolute Gasteiger partial charge is 0.377 e. The topological polar surface area (TPSA) is 72.7 Å². The summed E-state index contributed by atoms with van der Waals surface area (Å²) >= 11 is 0. The number of benzene rings is 4. The average molecular weight is 460 g/mol. The Kier molecular flexibility index (Phi) is 5.74. The third kappa shape index (κ3) is 3.43. The molecule has 2 N–H and O–H groups in total. The van der Waals surface area contributed by atoms with Crippen LogP contribution in [0.2, 0.25) is 0 Å². The molecule has 0 fully saturated rings. The normalized spacial score (nSPS) is 13.1. The van der Waals surface area contributed by atoms with Gasteiger partial charge in [-0.05, 0) is 34.4 Å². The first-order valence-corrected chi connectivity index (χ1v) is 11.2. The maximum absolute atomic E-state index is 15.1. The highest BCUT2D eigenvalue weighted by atomic mass is 19.1. The van der Waals surface area contributed by atoms with Crippen molar-refractivity contribution < 1.29 is 9.50 Å². The van der Waals surface area contributed by atoms with Crippen molar-refractivity contribution in [2.45, 2.75) is 11.0 Å². The summed E-state index contributed by atoms with van der Waals surface area (Å²) in [5, 5.41) is 22.4. The van der Waals surface area contributed by atoms with Gasteiger partial charge in [-0.2, -0.15) is 5.26 Å². The number of rotatable bonds is 6. The van der Waals surface area contributed by atoms with Crippen molar-refractivity contribution in [3.63, 3.8) is 0 Å². The zero-order valence-corrected chi connectivity index (χ0v) is 18.8. The molecule has 0 aliphatic heterocycles. The highest BCUT2D eigenvalue weighted by Gasteiger charge is 2.57. The first kappa shape index (κ1) is 22.3. The summed E-state index contributed by atoms with van der Waals surface area (Å²) in [6.45, 7) is 0. The molecule has 0 saturated heterocycles. The number of hydrogen-bond donors (Lipinski definition) is 2. The summed E-state index contributed by atoms with van der Waals surface area (Å²) in [6, 6.07) is 35.1. The Hall–Kier alpha value is -4.53. The van der Waals surface area contributed by atoms with Crippen molar-refractivity contribution in [2.75, 3.05) is 0 Å². The molecule has 0 spiro atoms. The van der Waals surface area contributed by atoms with Crippen molar-refractivity contribution in [1.29, 1.82) is 5.26 Å². The van der Waals surface area contributed by atoms with Gasteiger partial charge in [-0.25, -0.2) is 9.37 Å². The Morgan fingerprint density at radius 2 is 1.26 bits per heavy atom. The number of nitriles is 1. The fourth-order valence-corrected chi connectivity index (χ4v) is 5.04. The summed E-state index contributed by atoms with van der Waals surface area (Å²) in [4.78, 5) is 7.44. The molecule has 170 valence electrons. The standard InChI is InChI=1S/C30H22FN3O/c31-27-18-26(17-16-22(27)19-32)30(35,28-20-33-21-34-28)29(23-10-4-1-5-11-23,24-12-6-2-7-13-24)25-14-8-3-9-15-25/h1-18,20-21,35H,(H,33,34). The lowest BCUT2D eigenvalue weighted by Crippen LogP contribution is -2.52. The van der Waals surface area contributed by atoms with E-state index in [-0.39, 0.29) is 11.1 Å². The number of aromatic nitrogens is 2. The number of aliphatic hydroxyl groups is 1. The molecule has 1 aromatic heterocycles. The van der Waals surface area contributed by atoms with E-state index >= 15 is 4.39 Å². The maximum Gasteiger partial charge on any atom is 0.151 e. The van der Waals surface area contributed by atoms with Crippen LogP contribution in [0.1, 0.15) is 33.5 Å². The van der Waals surface area contributed by atoms with Gasteiger partial charge in [0.25, 0.3) is 0 Å². The fourth-order valence-electron chi connectivity index (χ4n) is 5.04. The second-order valence-corrected chi connectivity index (χ2v) is 8.32. The summed E-state index contributed by atoms with van der Waals surface area (Å²) in [6.07, 6.45) is 3.12. The van der Waals surface area contributed by atoms with Crippen molar-refractivity contribution in [3.05, 3.63) is 161 Å². The number of aromatic amines is 1. The molecule has 5 heteroatoms. The van der Waals surface area contributed by atoms with Crippen LogP contribution in [0.15, 0.2) is 122 Å². The Morgan fingerprint density at radius 3 is 1.66 bits per heavy atom. The summed E-state index contributed by atoms with van der Waals surface area (Å²) in [5.74, 6) is -0.706. The molecule has 0 radical (unpaired) electrons. The third-order valence-electron chi connectivity index (χ3n) is 6.54. The molecule has 5 rings (SSSR count). The Balaban J connectivity index is 1.99. The van der Waals surface area contributed by atoms with Gasteiger partial charge < -0.3 is 10.1 Å². The fraction of sp³-hybridized carbons (Fsp3) is 0.0667. The Morgan fingerprint density at radius 1 is 0.743 bits per heavy atom. The molecular formula is C30H22FN3O. The van der Waals surface area contributed by atoms with Gasteiger partial charge in [-0.1, -0.05) is 97.1 Å². The molecule has 1 heterocycles. The minimum absolute atomic E-state index is 0.0946. The van der Waals surface area contributed by atoms with Gasteiger partial charge in [0.1, 0.15) is 11.9 Å². The summed E-state index contributed by atoms with van der Waals surface area (Å²) < 4.78 is 15.1. The predicted molar refractivity (Wildman–Crippen MR) is 132 cm³/mol. The van der Waals surface area contributed by atoms with Crippen molar-refractivity contribution in [3.8, 4) is 6.07 Å². The van der Waals surface area contributed by atoms with Gasteiger partial charge in [0.15, 0.2) is 5.60 Å². The molecule has 35 heavy (non-hydrogen) atoms. The lowest BCUT2D eigenvalue weighted by Gasteiger charge is -2.48. The molecule has 0 aliphatic carbocycles. The Labute approximate surface area is 203 Å². The van der Waals surface area contributed by atoms with Gasteiger partial charge in [0.05, 0.1) is 23.0 Å². The second kappa shape index (κ2) is 9.02. The number of imidazole rings is 1. The molecular weight excluding hydrogens is 437 g/mol. The number of hydrogen-bond acceptors (Lipinski definition) is 3. The Bertz CT molecular complexity index is 1370. The van der Waals surface area contributed by atoms with Crippen LogP contribution in [0.3, 0.4) is 0 Å². The second-order valence-electron chi connectivity index (χ2n) is 8.32. The van der Waals surface area contributed by atoms with Gasteiger partial charge in [0.2, 0.25) is 0 Å². The highest BCUT2D eigenvalue weighted by molar-refractivity contribution is 5.59. The van der Waals surface area contributed by atoms with Crippen LogP contribution in [-0.2, 0) is 11.0 Å². The van der Waals surface area contributed by atoms with Gasteiger partial charge in [-0.3, -0.25) is 0 Å². The molecule has 4 nitrogen and oxygen atoms in total. The molecule has 1 unspecified atom stereocenters. The lowest BCUT2D eigenvalue weighted by molar-refractivity contribution is 0.0240. The number of nitrogens with one attached hydrogen (secondary N) is 1.